The van der Waals surface area contributed by atoms with Gasteiger partial charge in [0.05, 0.1) is 11.7 Å². The van der Waals surface area contributed by atoms with Crippen LogP contribution in [0.1, 0.15) is 22.9 Å². The average Bonchev–Trinajstić information content (AvgIpc) is 2.97. The summed E-state index contributed by atoms with van der Waals surface area (Å²) in [6, 6.07) is 16.9. The quantitative estimate of drug-likeness (QED) is 0.634. The van der Waals surface area contributed by atoms with Crippen LogP contribution in [0, 0.1) is 6.92 Å². The van der Waals surface area contributed by atoms with Crippen molar-refractivity contribution < 1.29 is 14.4 Å². The zero-order valence-corrected chi connectivity index (χ0v) is 15.2. The molecular weight excluding hydrogens is 384 g/mol. The second kappa shape index (κ2) is 7.53. The summed E-state index contributed by atoms with van der Waals surface area (Å²) < 4.78 is 6.48. The van der Waals surface area contributed by atoms with Gasteiger partial charge in [0.2, 0.25) is 0 Å². The molecule has 0 saturated carbocycles. The van der Waals surface area contributed by atoms with Gasteiger partial charge in [-0.25, -0.2) is 4.79 Å². The van der Waals surface area contributed by atoms with Crippen LogP contribution in [0.15, 0.2) is 63.6 Å². The molecule has 1 aromatic heterocycles. The molecule has 0 radical (unpaired) electrons. The largest absolute Gasteiger partial charge is 0.465 e. The van der Waals surface area contributed by atoms with Crippen LogP contribution < -0.4 is 5.32 Å². The molecule has 25 heavy (non-hydrogen) atoms. The number of carbonyl (C=O) groups is 1. The molecule has 2 N–H and O–H groups in total. The first-order valence-corrected chi connectivity index (χ1v) is 8.59. The van der Waals surface area contributed by atoms with Gasteiger partial charge in [-0.05, 0) is 31.0 Å². The van der Waals surface area contributed by atoms with Crippen LogP contribution in [0.4, 0.5) is 4.79 Å². The molecule has 3 rings (SSSR count). The monoisotopic (exact) mass is 400 g/mol. The van der Waals surface area contributed by atoms with Gasteiger partial charge in [0.15, 0.2) is 5.76 Å². The Morgan fingerprint density at radius 2 is 1.88 bits per heavy atom. The Hall–Kier alpha value is -2.60. The van der Waals surface area contributed by atoms with Crippen LogP contribution in [0.3, 0.4) is 0 Å². The smallest absolute Gasteiger partial charge is 0.405 e. The molecule has 5 nitrogen and oxygen atoms in total. The molecule has 0 aliphatic heterocycles. The Bertz CT molecular complexity index is 860. The van der Waals surface area contributed by atoms with Crippen LogP contribution in [0.25, 0.3) is 11.3 Å². The molecule has 2 aromatic carbocycles. The molecule has 0 spiro atoms. The number of hydrogen-bond acceptors (Lipinski definition) is 3. The lowest BCUT2D eigenvalue weighted by Crippen LogP contribution is -2.29. The van der Waals surface area contributed by atoms with Crippen LogP contribution >= 0.6 is 15.9 Å². The number of rotatable bonds is 5. The summed E-state index contributed by atoms with van der Waals surface area (Å²) in [7, 11) is 0. The number of aryl methyl sites for hydroxylation is 1. The minimum Gasteiger partial charge on any atom is -0.465 e. The zero-order chi connectivity index (χ0) is 17.8. The van der Waals surface area contributed by atoms with E-state index in [1.54, 1.807) is 0 Å². The fourth-order valence-corrected chi connectivity index (χ4v) is 3.09. The molecule has 1 amide bonds. The van der Waals surface area contributed by atoms with Crippen molar-refractivity contribution in [1.82, 2.24) is 10.5 Å². The SMILES string of the molecule is Cc1noc(-c2ccc(Br)cc2)c1[C@@H](Cc1ccccc1)NC(=O)O. The Morgan fingerprint density at radius 1 is 1.20 bits per heavy atom. The molecule has 1 heterocycles. The van der Waals surface area contributed by atoms with Gasteiger partial charge >= 0.3 is 6.09 Å². The van der Waals surface area contributed by atoms with Crippen LogP contribution in [-0.2, 0) is 6.42 Å². The molecule has 0 fully saturated rings. The number of benzene rings is 2. The van der Waals surface area contributed by atoms with E-state index in [1.165, 1.54) is 0 Å². The maximum Gasteiger partial charge on any atom is 0.405 e. The van der Waals surface area contributed by atoms with Crippen molar-refractivity contribution in [2.75, 3.05) is 0 Å². The van der Waals surface area contributed by atoms with Crippen molar-refractivity contribution in [3.63, 3.8) is 0 Å². The molecule has 0 saturated heterocycles. The second-order valence-corrected chi connectivity index (χ2v) is 6.63. The van der Waals surface area contributed by atoms with E-state index in [4.69, 9.17) is 4.52 Å². The summed E-state index contributed by atoms with van der Waals surface area (Å²) in [5.74, 6) is 0.583. The van der Waals surface area contributed by atoms with E-state index in [0.717, 1.165) is 21.2 Å². The van der Waals surface area contributed by atoms with Crippen molar-refractivity contribution in [2.45, 2.75) is 19.4 Å². The van der Waals surface area contributed by atoms with Crippen molar-refractivity contribution in [2.24, 2.45) is 0 Å². The summed E-state index contributed by atoms with van der Waals surface area (Å²) in [4.78, 5) is 11.3. The highest BCUT2D eigenvalue weighted by Crippen LogP contribution is 2.33. The molecule has 0 bridgehead atoms. The molecule has 0 aliphatic rings. The number of carboxylic acid groups (broad SMARTS) is 1. The van der Waals surface area contributed by atoms with Gasteiger partial charge in [-0.2, -0.15) is 0 Å². The Labute approximate surface area is 153 Å². The molecular formula is C19H17BrN2O3. The van der Waals surface area contributed by atoms with Gasteiger partial charge < -0.3 is 14.9 Å². The molecule has 3 aromatic rings. The standard InChI is InChI=1S/C19H17BrN2O3/c1-12-17(18(25-22-12)14-7-9-15(20)10-8-14)16(21-19(23)24)11-13-5-3-2-4-6-13/h2-10,16,21H,11H2,1H3,(H,23,24)/t16-/m1/s1. The highest BCUT2D eigenvalue weighted by Gasteiger charge is 2.25. The lowest BCUT2D eigenvalue weighted by Gasteiger charge is -2.18. The summed E-state index contributed by atoms with van der Waals surface area (Å²) in [5.41, 5.74) is 3.31. The van der Waals surface area contributed by atoms with Gasteiger partial charge in [0.1, 0.15) is 0 Å². The Kier molecular flexibility index (Phi) is 5.19. The molecule has 0 aliphatic carbocycles. The van der Waals surface area contributed by atoms with E-state index >= 15 is 0 Å². The first-order chi connectivity index (χ1) is 12.0. The predicted octanol–water partition coefficient (Wildman–Crippen LogP) is 4.96. The van der Waals surface area contributed by atoms with Crippen LogP contribution in [0.5, 0.6) is 0 Å². The van der Waals surface area contributed by atoms with Gasteiger partial charge in [0.25, 0.3) is 0 Å². The fourth-order valence-electron chi connectivity index (χ4n) is 2.82. The Balaban J connectivity index is 2.02. The summed E-state index contributed by atoms with van der Waals surface area (Å²) >= 11 is 3.41. The van der Waals surface area contributed by atoms with Crippen molar-refractivity contribution >= 4 is 22.0 Å². The number of nitrogens with zero attached hydrogens (tertiary/aromatic N) is 1. The van der Waals surface area contributed by atoms with E-state index in [-0.39, 0.29) is 0 Å². The van der Waals surface area contributed by atoms with Crippen LogP contribution in [0.2, 0.25) is 0 Å². The normalized spacial score (nSPS) is 11.9. The number of aromatic nitrogens is 1. The van der Waals surface area contributed by atoms with Crippen LogP contribution in [-0.4, -0.2) is 16.4 Å². The second-order valence-electron chi connectivity index (χ2n) is 5.71. The van der Waals surface area contributed by atoms with Gasteiger partial charge in [0, 0.05) is 15.6 Å². The molecule has 6 heteroatoms. The van der Waals surface area contributed by atoms with Gasteiger partial charge in [-0.1, -0.05) is 63.6 Å². The van der Waals surface area contributed by atoms with Gasteiger partial charge in [-0.3, -0.25) is 0 Å². The molecule has 128 valence electrons. The van der Waals surface area contributed by atoms with E-state index in [1.807, 2.05) is 61.5 Å². The first-order valence-electron chi connectivity index (χ1n) is 7.80. The number of hydrogen-bond donors (Lipinski definition) is 2. The predicted molar refractivity (Wildman–Crippen MR) is 98.4 cm³/mol. The van der Waals surface area contributed by atoms with E-state index in [9.17, 15) is 9.90 Å². The highest BCUT2D eigenvalue weighted by atomic mass is 79.9. The van der Waals surface area contributed by atoms with E-state index in [2.05, 4.69) is 26.4 Å². The molecule has 0 unspecified atom stereocenters. The maximum atomic E-state index is 11.3. The summed E-state index contributed by atoms with van der Waals surface area (Å²) in [6.45, 7) is 1.82. The minimum absolute atomic E-state index is 0.454. The van der Waals surface area contributed by atoms with Crippen molar-refractivity contribution in [3.8, 4) is 11.3 Å². The topological polar surface area (TPSA) is 75.4 Å². The lowest BCUT2D eigenvalue weighted by atomic mass is 9.95. The van der Waals surface area contributed by atoms with E-state index in [0.29, 0.717) is 17.9 Å². The zero-order valence-electron chi connectivity index (χ0n) is 13.6. The third kappa shape index (κ3) is 4.09. The minimum atomic E-state index is -1.08. The highest BCUT2D eigenvalue weighted by molar-refractivity contribution is 9.10. The molecule has 1 atom stereocenters. The fraction of sp³-hybridized carbons (Fsp3) is 0.158. The first kappa shape index (κ1) is 17.2. The number of nitrogens with one attached hydrogen (secondary N) is 1. The number of amides is 1. The summed E-state index contributed by atoms with van der Waals surface area (Å²) in [5, 5.41) is 15.9. The lowest BCUT2D eigenvalue weighted by molar-refractivity contribution is 0.190. The van der Waals surface area contributed by atoms with E-state index < -0.39 is 12.1 Å². The van der Waals surface area contributed by atoms with Gasteiger partial charge in [-0.15, -0.1) is 0 Å². The van der Waals surface area contributed by atoms with Crippen molar-refractivity contribution in [1.29, 1.82) is 0 Å². The van der Waals surface area contributed by atoms with Crippen molar-refractivity contribution in [3.05, 3.63) is 75.9 Å². The third-order valence-electron chi connectivity index (χ3n) is 3.94. The average molecular weight is 401 g/mol. The number of halogens is 1. The summed E-state index contributed by atoms with van der Waals surface area (Å²) in [6.07, 6.45) is -0.568. The third-order valence-corrected chi connectivity index (χ3v) is 4.47. The maximum absolute atomic E-state index is 11.3. The Morgan fingerprint density at radius 3 is 2.52 bits per heavy atom.